The van der Waals surface area contributed by atoms with Crippen molar-refractivity contribution >= 4 is 22.5 Å². The molecule has 0 radical (unpaired) electrons. The summed E-state index contributed by atoms with van der Waals surface area (Å²) in [5, 5.41) is 0.691. The number of aromatic amines is 1. The van der Waals surface area contributed by atoms with E-state index >= 15 is 4.39 Å². The highest BCUT2D eigenvalue weighted by molar-refractivity contribution is 7.12. The quantitative estimate of drug-likeness (QED) is 0.754. The number of alkyl halides is 3. The highest BCUT2D eigenvalue weighted by Gasteiger charge is 2.44. The van der Waals surface area contributed by atoms with Crippen molar-refractivity contribution in [1.82, 2.24) is 9.55 Å². The van der Waals surface area contributed by atoms with Crippen molar-refractivity contribution in [2.45, 2.75) is 69.6 Å². The molecule has 1 saturated carbocycles. The van der Waals surface area contributed by atoms with Gasteiger partial charge in [0.25, 0.3) is 11.5 Å². The first-order chi connectivity index (χ1) is 14.1. The van der Waals surface area contributed by atoms with Crippen LogP contribution in [0.5, 0.6) is 0 Å². The maximum atomic E-state index is 15.6. The fraction of sp³-hybridized carbons (Fsp3) is 0.524. The molecule has 0 amide bonds. The van der Waals surface area contributed by atoms with Gasteiger partial charge in [-0.2, -0.15) is 0 Å². The molecule has 160 valence electrons. The molecule has 0 aromatic carbocycles. The third-order valence-electron chi connectivity index (χ3n) is 6.64. The van der Waals surface area contributed by atoms with E-state index < -0.39 is 35.3 Å². The second kappa shape index (κ2) is 6.43. The van der Waals surface area contributed by atoms with Crippen LogP contribution in [0.15, 0.2) is 15.7 Å². The van der Waals surface area contributed by atoms with Gasteiger partial charge in [0.15, 0.2) is 0 Å². The number of rotatable bonds is 2. The Balaban J connectivity index is 1.76. The van der Waals surface area contributed by atoms with Crippen molar-refractivity contribution in [3.05, 3.63) is 52.8 Å². The lowest BCUT2D eigenvalue weighted by molar-refractivity contribution is -0.0392. The first-order valence-corrected chi connectivity index (χ1v) is 10.9. The van der Waals surface area contributed by atoms with E-state index in [1.54, 1.807) is 24.5 Å². The van der Waals surface area contributed by atoms with E-state index in [-0.39, 0.29) is 29.7 Å². The van der Waals surface area contributed by atoms with Crippen molar-refractivity contribution in [2.24, 2.45) is 5.73 Å². The summed E-state index contributed by atoms with van der Waals surface area (Å²) in [6, 6.07) is 0.188. The molecule has 0 bridgehead atoms. The zero-order chi connectivity index (χ0) is 21.5. The molecule has 2 aromatic rings. The number of nitrogens with two attached hydrogens (primary N) is 1. The molecular formula is C21H22F3N3O2S. The average Bonchev–Trinajstić information content (AvgIpc) is 3.41. The minimum absolute atomic E-state index is 0.00804. The number of aromatic nitrogens is 2. The molecule has 0 aliphatic heterocycles. The molecule has 9 heteroatoms. The predicted octanol–water partition coefficient (Wildman–Crippen LogP) is 1.99. The van der Waals surface area contributed by atoms with Crippen LogP contribution in [0.25, 0.3) is 11.1 Å². The third-order valence-corrected chi connectivity index (χ3v) is 7.93. The normalized spacial score (nSPS) is 27.7. The molecule has 2 heterocycles. The highest BCUT2D eigenvalue weighted by atomic mass is 32.1. The van der Waals surface area contributed by atoms with E-state index in [1.807, 2.05) is 0 Å². The van der Waals surface area contributed by atoms with Crippen LogP contribution < -0.4 is 27.6 Å². The van der Waals surface area contributed by atoms with Crippen molar-refractivity contribution in [2.75, 3.05) is 0 Å². The monoisotopic (exact) mass is 437 g/mol. The summed E-state index contributed by atoms with van der Waals surface area (Å²) in [4.78, 5) is 28.8. The molecule has 3 atom stereocenters. The molecule has 2 aromatic heterocycles. The van der Waals surface area contributed by atoms with Crippen LogP contribution in [-0.2, 0) is 6.42 Å². The van der Waals surface area contributed by atoms with E-state index in [1.165, 1.54) is 11.3 Å². The second-order valence-electron chi connectivity index (χ2n) is 8.60. The van der Waals surface area contributed by atoms with Gasteiger partial charge in [-0.15, -0.1) is 11.3 Å². The fourth-order valence-corrected chi connectivity index (χ4v) is 6.24. The van der Waals surface area contributed by atoms with Gasteiger partial charge in [0, 0.05) is 22.2 Å². The van der Waals surface area contributed by atoms with Gasteiger partial charge in [-0.3, -0.25) is 14.3 Å². The Morgan fingerprint density at radius 3 is 2.60 bits per heavy atom. The Bertz CT molecular complexity index is 1300. The molecule has 0 spiro atoms. The van der Waals surface area contributed by atoms with Crippen LogP contribution in [0.4, 0.5) is 13.2 Å². The predicted molar refractivity (Wildman–Crippen MR) is 109 cm³/mol. The second-order valence-corrected chi connectivity index (χ2v) is 9.76. The molecule has 30 heavy (non-hydrogen) atoms. The smallest absolute Gasteiger partial charge is 0.319 e. The van der Waals surface area contributed by atoms with Gasteiger partial charge in [0.2, 0.25) is 0 Å². The molecule has 0 saturated heterocycles. The lowest BCUT2D eigenvalue weighted by Gasteiger charge is -2.28. The van der Waals surface area contributed by atoms with Crippen LogP contribution in [0.2, 0.25) is 0 Å². The number of fused-ring (bicyclic) bond motifs is 2. The Labute approximate surface area is 173 Å². The van der Waals surface area contributed by atoms with Crippen molar-refractivity contribution in [3.63, 3.8) is 0 Å². The van der Waals surface area contributed by atoms with Gasteiger partial charge in [-0.25, -0.2) is 18.0 Å². The standard InChI is InChI=1S/C21H22F3N3O2S/c1-8-15-17(27(10-3-4-10)20(29)26-19(15)28)9(2)14(16(8)22)13-7-11-12(30-13)5-6-21(23,24)18(11)25/h7,10,14,16,18H,3-6,25H2,1-2H3,(H,26,28,29). The summed E-state index contributed by atoms with van der Waals surface area (Å²) >= 11 is 1.31. The Morgan fingerprint density at radius 1 is 1.23 bits per heavy atom. The molecule has 3 aliphatic carbocycles. The Hall–Kier alpha value is -2.13. The number of halogens is 3. The summed E-state index contributed by atoms with van der Waals surface area (Å²) in [5.41, 5.74) is 5.95. The molecule has 3 aliphatic rings. The Morgan fingerprint density at radius 2 is 1.93 bits per heavy atom. The van der Waals surface area contributed by atoms with Crippen LogP contribution in [0.1, 0.15) is 66.4 Å². The first-order valence-electron chi connectivity index (χ1n) is 10.1. The third kappa shape index (κ3) is 2.71. The summed E-state index contributed by atoms with van der Waals surface area (Å²) < 4.78 is 45.4. The van der Waals surface area contributed by atoms with Gasteiger partial charge in [0.05, 0.1) is 22.5 Å². The number of hydrogen-bond acceptors (Lipinski definition) is 4. The summed E-state index contributed by atoms with van der Waals surface area (Å²) in [6.07, 6.45) is 0.0468. The Kier molecular flexibility index (Phi) is 4.25. The van der Waals surface area contributed by atoms with E-state index in [2.05, 4.69) is 4.98 Å². The van der Waals surface area contributed by atoms with Gasteiger partial charge in [0.1, 0.15) is 6.17 Å². The van der Waals surface area contributed by atoms with E-state index in [4.69, 9.17) is 5.73 Å². The van der Waals surface area contributed by atoms with Crippen LogP contribution in [0, 0.1) is 0 Å². The number of H-pyrrole nitrogens is 1. The van der Waals surface area contributed by atoms with E-state index in [0.717, 1.165) is 17.7 Å². The molecule has 5 nitrogen and oxygen atoms in total. The van der Waals surface area contributed by atoms with Gasteiger partial charge < -0.3 is 5.73 Å². The largest absolute Gasteiger partial charge is 0.329 e. The summed E-state index contributed by atoms with van der Waals surface area (Å²) in [7, 11) is 0. The zero-order valence-electron chi connectivity index (χ0n) is 16.6. The van der Waals surface area contributed by atoms with Gasteiger partial charge in [-0.1, -0.05) is 0 Å². The summed E-state index contributed by atoms with van der Waals surface area (Å²) in [6.45, 7) is 3.29. The molecule has 3 unspecified atom stereocenters. The number of nitrogens with one attached hydrogen (secondary N) is 1. The van der Waals surface area contributed by atoms with Crippen molar-refractivity contribution in [3.8, 4) is 0 Å². The maximum absolute atomic E-state index is 15.6. The summed E-state index contributed by atoms with van der Waals surface area (Å²) in [5.74, 6) is -3.72. The molecule has 5 rings (SSSR count). The number of thiophene rings is 1. The minimum Gasteiger partial charge on any atom is -0.319 e. The average molecular weight is 437 g/mol. The SMILES string of the molecule is CC1=c2c(=O)[nH]c(=O)n(C3CC3)c2=C(C)C(c2cc3c(s2)CCC(F)(F)C3N)C1F. The topological polar surface area (TPSA) is 80.9 Å². The highest BCUT2D eigenvalue weighted by Crippen LogP contribution is 2.47. The van der Waals surface area contributed by atoms with E-state index in [0.29, 0.717) is 21.4 Å². The number of aryl methyl sites for hydroxylation is 1. The van der Waals surface area contributed by atoms with Gasteiger partial charge >= 0.3 is 5.69 Å². The van der Waals surface area contributed by atoms with Crippen LogP contribution in [0.3, 0.4) is 0 Å². The minimum atomic E-state index is -2.99. The van der Waals surface area contributed by atoms with Crippen molar-refractivity contribution in [1.29, 1.82) is 0 Å². The maximum Gasteiger partial charge on any atom is 0.329 e. The van der Waals surface area contributed by atoms with Crippen LogP contribution in [-0.4, -0.2) is 21.6 Å². The molecular weight excluding hydrogens is 415 g/mol. The van der Waals surface area contributed by atoms with Crippen LogP contribution >= 0.6 is 11.3 Å². The fourth-order valence-electron chi connectivity index (χ4n) is 4.84. The van der Waals surface area contributed by atoms with Gasteiger partial charge in [-0.05, 0) is 55.9 Å². The molecule has 1 fully saturated rings. The lowest BCUT2D eigenvalue weighted by atomic mass is 9.83. The lowest BCUT2D eigenvalue weighted by Crippen LogP contribution is -2.58. The number of hydrogen-bond donors (Lipinski definition) is 2. The van der Waals surface area contributed by atoms with E-state index in [9.17, 15) is 18.4 Å². The zero-order valence-corrected chi connectivity index (χ0v) is 17.4. The first kappa shape index (κ1) is 19.8. The molecule has 3 N–H and O–H groups in total. The number of nitrogens with zero attached hydrogens (tertiary/aromatic N) is 1. The van der Waals surface area contributed by atoms with Crippen molar-refractivity contribution < 1.29 is 13.2 Å².